The van der Waals surface area contributed by atoms with Gasteiger partial charge in [0.25, 0.3) is 5.91 Å². The molecule has 4 aliphatic carbocycles. The molecule has 5 aliphatic rings. The summed E-state index contributed by atoms with van der Waals surface area (Å²) >= 11 is 11.1. The van der Waals surface area contributed by atoms with Gasteiger partial charge in [0.1, 0.15) is 12.2 Å². The molecule has 0 bridgehead atoms. The lowest BCUT2D eigenvalue weighted by Gasteiger charge is -2.62. The number of rotatable bonds is 12. The third-order valence-electron chi connectivity index (χ3n) is 12.8. The van der Waals surface area contributed by atoms with Crippen LogP contribution in [0, 0.1) is 28.6 Å². The van der Waals surface area contributed by atoms with Crippen LogP contribution in [-0.2, 0) is 25.2 Å². The maximum absolute atomic E-state index is 16.9. The van der Waals surface area contributed by atoms with Gasteiger partial charge in [-0.2, -0.15) is 0 Å². The molecule has 18 heteroatoms. The van der Waals surface area contributed by atoms with E-state index < -0.39 is 60.1 Å². The molecule has 4 fully saturated rings. The number of fused-ring (bicyclic) bond motifs is 5. The van der Waals surface area contributed by atoms with E-state index in [1.54, 1.807) is 31.5 Å². The van der Waals surface area contributed by atoms with E-state index in [4.69, 9.17) is 27.7 Å². The number of ketones is 2. The maximum Gasteiger partial charge on any atom is 0.343 e. The zero-order valence-electron chi connectivity index (χ0n) is 34.9. The van der Waals surface area contributed by atoms with E-state index in [1.165, 1.54) is 12.2 Å². The van der Waals surface area contributed by atoms with Crippen LogP contribution in [0.15, 0.2) is 48.1 Å². The van der Waals surface area contributed by atoms with Crippen molar-refractivity contribution in [2.75, 3.05) is 51.7 Å². The molecule has 9 atom stereocenters. The Bertz CT molecular complexity index is 1730. The third kappa shape index (κ3) is 10.4. The van der Waals surface area contributed by atoms with Crippen molar-refractivity contribution in [1.82, 2.24) is 25.9 Å². The number of aliphatic hydroxyl groups excluding tert-OH is 2. The lowest BCUT2D eigenvalue weighted by Crippen LogP contribution is -2.69. The van der Waals surface area contributed by atoms with Gasteiger partial charge in [-0.05, 0) is 102 Å². The largest absolute Gasteiger partial charge is 0.390 e. The molecule has 1 saturated heterocycles. The highest BCUT2D eigenvalue weighted by atomic mass is 35.5. The molecule has 0 aromatic heterocycles. The summed E-state index contributed by atoms with van der Waals surface area (Å²) in [5, 5.41) is 37.7. The Hall–Kier alpha value is -1.78. The molecule has 334 valence electrons. The van der Waals surface area contributed by atoms with Gasteiger partial charge in [-0.25, -0.2) is 14.1 Å². The molecule has 0 radical (unpaired) electrons. The van der Waals surface area contributed by atoms with Crippen LogP contribution >= 0.6 is 43.3 Å². The van der Waals surface area contributed by atoms with Crippen molar-refractivity contribution in [3.63, 3.8) is 0 Å². The van der Waals surface area contributed by atoms with Gasteiger partial charge in [0.05, 0.1) is 12.7 Å². The van der Waals surface area contributed by atoms with E-state index in [0.29, 0.717) is 61.9 Å². The van der Waals surface area contributed by atoms with E-state index in [9.17, 15) is 34.3 Å². The number of nitrogens with one attached hydrogen (secondary N) is 4. The molecule has 3 saturated carbocycles. The first-order valence-corrected chi connectivity index (χ1v) is 22.8. The summed E-state index contributed by atoms with van der Waals surface area (Å²) < 4.78 is 36.1. The second kappa shape index (κ2) is 21.5. The average Bonchev–Trinajstić information content (AvgIpc) is 3.39. The number of hydrogen-bond acceptors (Lipinski definition) is 10. The molecule has 1 unspecified atom stereocenters. The number of Topliss-reactive ketones (excluding diaryl/α,β-unsaturated/α-hetero) is 1. The number of carbonyl (C=O) groups excluding carboxylic acids is 3. The predicted molar refractivity (Wildman–Crippen MR) is 231 cm³/mol. The number of allylic oxidation sites excluding steroid dienone is 4. The van der Waals surface area contributed by atoms with Gasteiger partial charge in [-0.15, -0.1) is 35.6 Å². The van der Waals surface area contributed by atoms with E-state index in [-0.39, 0.29) is 42.5 Å². The van der Waals surface area contributed by atoms with Gasteiger partial charge in [-0.3, -0.25) is 29.8 Å². The Labute approximate surface area is 364 Å². The minimum atomic E-state index is -2.84. The predicted octanol–water partition coefficient (Wildman–Crippen LogP) is 5.25. The monoisotopic (exact) mass is 909 g/mol. The summed E-state index contributed by atoms with van der Waals surface area (Å²) in [6.45, 7) is 11.5. The Morgan fingerprint density at radius 3 is 2.41 bits per heavy atom. The number of carbonyl (C=O) groups is 3. The van der Waals surface area contributed by atoms with Gasteiger partial charge in [0.15, 0.2) is 17.2 Å². The fraction of sp³-hybridized carbons (Fsp3) is 0.683. The van der Waals surface area contributed by atoms with E-state index in [1.807, 2.05) is 45.2 Å². The summed E-state index contributed by atoms with van der Waals surface area (Å²) in [6, 6.07) is 7.73. The van der Waals surface area contributed by atoms with Crippen molar-refractivity contribution in [3.05, 3.63) is 59.2 Å². The van der Waals surface area contributed by atoms with Crippen LogP contribution in [0.4, 0.5) is 4.39 Å². The number of aliphatic hydroxyl groups is 3. The van der Waals surface area contributed by atoms with E-state index in [0.717, 1.165) is 25.1 Å². The van der Waals surface area contributed by atoms with Crippen LogP contribution in [0.25, 0.3) is 0 Å². The van der Waals surface area contributed by atoms with Crippen LogP contribution in [-0.4, -0.2) is 113 Å². The third-order valence-corrected chi connectivity index (χ3v) is 15.5. The first kappa shape index (κ1) is 51.6. The highest BCUT2D eigenvalue weighted by Crippen LogP contribution is 2.70. The molecule has 1 aliphatic heterocycles. The first-order chi connectivity index (χ1) is 27.3. The number of halogens is 4. The molecule has 1 aromatic carbocycles. The first-order valence-electron chi connectivity index (χ1n) is 20.2. The molecule has 7 N–H and O–H groups in total. The summed E-state index contributed by atoms with van der Waals surface area (Å²) in [6.07, 6.45) is 5.33. The molecular weight excluding hydrogens is 847 g/mol. The highest BCUT2D eigenvalue weighted by molar-refractivity contribution is 7.54. The normalized spacial score (nSPS) is 34.7. The highest BCUT2D eigenvalue weighted by Gasteiger charge is 2.75. The Kier molecular flexibility index (Phi) is 18.8. The van der Waals surface area contributed by atoms with Crippen LogP contribution in [0.5, 0.6) is 0 Å². The molecule has 1 aromatic rings. The van der Waals surface area contributed by atoms with Crippen LogP contribution in [0.1, 0.15) is 82.6 Å². The van der Waals surface area contributed by atoms with Crippen LogP contribution in [0.2, 0.25) is 0 Å². The van der Waals surface area contributed by atoms with Crippen molar-refractivity contribution in [3.8, 4) is 0 Å². The lowest BCUT2D eigenvalue weighted by atomic mass is 9.44. The smallest absolute Gasteiger partial charge is 0.343 e. The number of amides is 1. The van der Waals surface area contributed by atoms with Crippen molar-refractivity contribution in [2.45, 2.75) is 96.7 Å². The van der Waals surface area contributed by atoms with Crippen LogP contribution in [0.3, 0.4) is 0 Å². The zero-order chi connectivity index (χ0) is 43.1. The van der Waals surface area contributed by atoms with E-state index >= 15 is 4.39 Å². The molecule has 13 nitrogen and oxygen atoms in total. The average molecular weight is 911 g/mol. The summed E-state index contributed by atoms with van der Waals surface area (Å²) in [5.41, 5.74) is 2.51. The van der Waals surface area contributed by atoms with Crippen molar-refractivity contribution >= 4 is 60.8 Å². The minimum Gasteiger partial charge on any atom is -0.390 e. The number of hydrazine groups is 1. The SMILES string of the molecule is CNNCc1ccc(C(=O)NC(C)C)cc1.C[C@@H]1C[C@H]2[C@@H]3CCC4=CC(=O)C=C[C@]4(C)[C@@]3(F)[C@@H](O)C[C@]2(C)[C@@]1(O)C(=O)CO.Cl.O=P1(NCCCl)OCCCN1CCCl. The van der Waals surface area contributed by atoms with E-state index in [2.05, 4.69) is 21.3 Å². The van der Waals surface area contributed by atoms with Crippen molar-refractivity contribution < 1.29 is 43.2 Å². The Morgan fingerprint density at radius 1 is 1.14 bits per heavy atom. The molecular formula is C41H64Cl3FN5O8P. The van der Waals surface area contributed by atoms with Crippen molar-refractivity contribution in [2.24, 2.45) is 28.6 Å². The van der Waals surface area contributed by atoms with Gasteiger partial charge < -0.3 is 25.2 Å². The molecule has 59 heavy (non-hydrogen) atoms. The quantitative estimate of drug-likeness (QED) is 0.0822. The molecule has 0 spiro atoms. The van der Waals surface area contributed by atoms with Gasteiger partial charge in [-0.1, -0.05) is 37.6 Å². The number of nitrogens with zero attached hydrogens (tertiary/aromatic N) is 1. The number of alkyl halides is 3. The number of benzene rings is 1. The number of hydrogen-bond donors (Lipinski definition) is 7. The fourth-order valence-electron chi connectivity index (χ4n) is 9.89. The van der Waals surface area contributed by atoms with Gasteiger partial charge >= 0.3 is 7.67 Å². The second-order valence-corrected chi connectivity index (χ2v) is 19.6. The summed E-state index contributed by atoms with van der Waals surface area (Å²) in [7, 11) is -1.02. The Morgan fingerprint density at radius 2 is 1.81 bits per heavy atom. The fourth-order valence-corrected chi connectivity index (χ4v) is 12.4. The van der Waals surface area contributed by atoms with Crippen LogP contribution < -0.4 is 21.3 Å². The molecule has 1 heterocycles. The zero-order valence-corrected chi connectivity index (χ0v) is 38.2. The lowest BCUT2D eigenvalue weighted by molar-refractivity contribution is -0.219. The minimum absolute atomic E-state index is 0. The van der Waals surface area contributed by atoms with Crippen molar-refractivity contribution in [1.29, 1.82) is 0 Å². The molecule has 1 amide bonds. The second-order valence-electron chi connectivity index (χ2n) is 16.6. The topological polar surface area (TPSA) is 190 Å². The maximum atomic E-state index is 16.9. The summed E-state index contributed by atoms with van der Waals surface area (Å²) in [5.74, 6) is -1.27. The standard InChI is InChI=1S/C22H29FO5.C12H19N3O.C7H15Cl2N2O2P.ClH/c1-12-8-16-15-5-4-13-9-14(25)6-7-19(13,2)21(15,23)17(26)10-20(16,3)22(12,28)18(27)11-24;1-9(2)15-12(16)11-6-4-10(5-7-11)8-14-13-3;8-2-4-10-14(12)11(6-3-9)5-1-7-13-14;/h6-7,9,12,15-17,24,26,28H,4-5,8,10-11H2,1-3H3;4-7,9,13-14H,8H2,1-3H3,(H,15,16);1-7H2,(H,10,12);1H/t12-,15+,16+,17+,19+,20+,21+,22+;;;/m1.../s1. The molecule has 6 rings (SSSR count). The van der Waals surface area contributed by atoms with Gasteiger partial charge in [0, 0.05) is 66.3 Å². The summed E-state index contributed by atoms with van der Waals surface area (Å²) in [4.78, 5) is 36.0. The van der Waals surface area contributed by atoms with Gasteiger partial charge in [0.2, 0.25) is 0 Å². The Balaban J connectivity index is 0.000000257.